The second-order valence-corrected chi connectivity index (χ2v) is 11.5. The fraction of sp³-hybridized carbons (Fsp3) is 0.519. The lowest BCUT2D eigenvalue weighted by molar-refractivity contribution is -0.138. The Balaban J connectivity index is 1.25. The molecule has 2 aliphatic heterocycles. The van der Waals surface area contributed by atoms with Gasteiger partial charge in [-0.1, -0.05) is 36.2 Å². The molecule has 2 aliphatic rings. The van der Waals surface area contributed by atoms with E-state index in [4.69, 9.17) is 9.47 Å². The average molecular weight is 516 g/mol. The molecule has 2 heterocycles. The summed E-state index contributed by atoms with van der Waals surface area (Å²) in [6, 6.07) is 14.7. The average Bonchev–Trinajstić information content (AvgIpc) is 2.89. The van der Waals surface area contributed by atoms with Crippen molar-refractivity contribution in [3.05, 3.63) is 59.7 Å². The van der Waals surface area contributed by atoms with E-state index in [0.29, 0.717) is 25.4 Å². The van der Waals surface area contributed by atoms with Gasteiger partial charge in [-0.3, -0.25) is 9.69 Å². The van der Waals surface area contributed by atoms with Gasteiger partial charge in [0.15, 0.2) is 0 Å². The van der Waals surface area contributed by atoms with Gasteiger partial charge in [0.2, 0.25) is 15.9 Å². The molecule has 2 saturated heterocycles. The molecule has 2 aromatic carbocycles. The van der Waals surface area contributed by atoms with E-state index in [-0.39, 0.29) is 30.1 Å². The van der Waals surface area contributed by atoms with Crippen LogP contribution in [-0.2, 0) is 26.1 Å². The number of hydrogen-bond acceptors (Lipinski definition) is 6. The zero-order valence-electron chi connectivity index (χ0n) is 21.3. The number of hydrogen-bond donors (Lipinski definition) is 0. The minimum absolute atomic E-state index is 0.0230. The Labute approximate surface area is 214 Å². The van der Waals surface area contributed by atoms with Gasteiger partial charge in [-0.25, -0.2) is 8.42 Å². The molecule has 0 radical (unpaired) electrons. The number of ether oxygens (including phenoxy) is 2. The number of piperidine rings is 1. The van der Waals surface area contributed by atoms with Gasteiger partial charge in [-0.05, 0) is 49.6 Å². The van der Waals surface area contributed by atoms with E-state index in [1.54, 1.807) is 31.4 Å². The zero-order chi connectivity index (χ0) is 25.5. The summed E-state index contributed by atoms with van der Waals surface area (Å²) in [7, 11) is -2.10. The van der Waals surface area contributed by atoms with Gasteiger partial charge in [-0.2, -0.15) is 4.31 Å². The Kier molecular flexibility index (Phi) is 9.00. The molecular weight excluding hydrogens is 478 g/mol. The smallest absolute Gasteiger partial charge is 0.248 e. The van der Waals surface area contributed by atoms with Crippen LogP contribution in [0.3, 0.4) is 0 Å². The third kappa shape index (κ3) is 6.64. The molecule has 0 bridgehead atoms. The maximum absolute atomic E-state index is 13.3. The normalized spacial score (nSPS) is 19.8. The largest absolute Gasteiger partial charge is 0.497 e. The number of amides is 1. The maximum atomic E-state index is 13.3. The van der Waals surface area contributed by atoms with Crippen molar-refractivity contribution in [2.75, 3.05) is 53.0 Å². The molecule has 196 valence electrons. The molecule has 1 atom stereocenters. The number of piperazine rings is 1. The lowest BCUT2D eigenvalue weighted by Gasteiger charge is -2.36. The maximum Gasteiger partial charge on any atom is 0.248 e. The number of carbonyl (C=O) groups excluding carboxylic acids is 1. The Morgan fingerprint density at radius 1 is 1.00 bits per heavy atom. The molecule has 0 spiro atoms. The first-order valence-corrected chi connectivity index (χ1v) is 14.1. The number of rotatable bonds is 9. The highest BCUT2D eigenvalue weighted by molar-refractivity contribution is 7.89. The standard InChI is InChI=1S/C27H37N3O5S/c1-22-6-5-7-23(18-22)19-28-14-16-29(17-15-28)27(31)21-35-20-24-8-3-4-13-30(24)36(32,33)26-11-9-25(34-2)10-12-26/h5-7,9-12,18,24H,3-4,8,13-17,19-21H2,1-2H3. The highest BCUT2D eigenvalue weighted by Gasteiger charge is 2.34. The Bertz CT molecular complexity index is 1110. The van der Waals surface area contributed by atoms with Crippen molar-refractivity contribution in [3.63, 3.8) is 0 Å². The second-order valence-electron chi connectivity index (χ2n) is 9.60. The van der Waals surface area contributed by atoms with Crippen molar-refractivity contribution in [1.29, 1.82) is 0 Å². The number of nitrogens with zero attached hydrogens (tertiary/aromatic N) is 3. The third-order valence-corrected chi connectivity index (χ3v) is 8.95. The molecule has 0 saturated carbocycles. The molecule has 36 heavy (non-hydrogen) atoms. The topological polar surface area (TPSA) is 79.4 Å². The summed E-state index contributed by atoms with van der Waals surface area (Å²) in [5.41, 5.74) is 2.55. The van der Waals surface area contributed by atoms with Crippen LogP contribution in [0.1, 0.15) is 30.4 Å². The van der Waals surface area contributed by atoms with Gasteiger partial charge in [0.05, 0.1) is 18.6 Å². The van der Waals surface area contributed by atoms with Gasteiger partial charge in [-0.15, -0.1) is 0 Å². The summed E-state index contributed by atoms with van der Waals surface area (Å²) < 4.78 is 39.0. The number of methoxy groups -OCH3 is 1. The summed E-state index contributed by atoms with van der Waals surface area (Å²) in [6.45, 7) is 6.65. The molecule has 2 fully saturated rings. The van der Waals surface area contributed by atoms with Crippen LogP contribution in [0.15, 0.2) is 53.4 Å². The van der Waals surface area contributed by atoms with Gasteiger partial charge in [0.25, 0.3) is 0 Å². The molecule has 0 N–H and O–H groups in total. The van der Waals surface area contributed by atoms with Crippen LogP contribution >= 0.6 is 0 Å². The lowest BCUT2D eigenvalue weighted by atomic mass is 10.1. The highest BCUT2D eigenvalue weighted by Crippen LogP contribution is 2.27. The van der Waals surface area contributed by atoms with E-state index in [1.807, 2.05) is 4.90 Å². The van der Waals surface area contributed by atoms with E-state index < -0.39 is 10.0 Å². The predicted molar refractivity (Wildman–Crippen MR) is 138 cm³/mol. The van der Waals surface area contributed by atoms with Crippen molar-refractivity contribution in [2.45, 2.75) is 43.7 Å². The fourth-order valence-corrected chi connectivity index (χ4v) is 6.62. The molecule has 8 nitrogen and oxygen atoms in total. The van der Waals surface area contributed by atoms with Crippen LogP contribution in [0.2, 0.25) is 0 Å². The van der Waals surface area contributed by atoms with Gasteiger partial charge >= 0.3 is 0 Å². The Morgan fingerprint density at radius 2 is 1.75 bits per heavy atom. The van der Waals surface area contributed by atoms with E-state index in [1.165, 1.54) is 15.4 Å². The monoisotopic (exact) mass is 515 g/mol. The molecule has 4 rings (SSSR count). The van der Waals surface area contributed by atoms with Crippen LogP contribution in [0, 0.1) is 6.92 Å². The number of sulfonamides is 1. The van der Waals surface area contributed by atoms with E-state index >= 15 is 0 Å². The van der Waals surface area contributed by atoms with Crippen LogP contribution in [-0.4, -0.2) is 87.5 Å². The second kappa shape index (κ2) is 12.2. The van der Waals surface area contributed by atoms with E-state index in [0.717, 1.165) is 38.9 Å². The number of aryl methyl sites for hydroxylation is 1. The SMILES string of the molecule is COc1ccc(S(=O)(=O)N2CCCCC2COCC(=O)N2CCN(Cc3cccc(C)c3)CC2)cc1. The molecule has 2 aromatic rings. The van der Waals surface area contributed by atoms with Crippen molar-refractivity contribution in [1.82, 2.24) is 14.1 Å². The summed E-state index contributed by atoms with van der Waals surface area (Å²) >= 11 is 0. The number of benzene rings is 2. The van der Waals surface area contributed by atoms with Crippen molar-refractivity contribution in [3.8, 4) is 5.75 Å². The molecule has 0 aliphatic carbocycles. The zero-order valence-corrected chi connectivity index (χ0v) is 22.1. The summed E-state index contributed by atoms with van der Waals surface area (Å²) in [5.74, 6) is 0.576. The molecule has 1 unspecified atom stereocenters. The summed E-state index contributed by atoms with van der Waals surface area (Å²) in [5, 5.41) is 0. The highest BCUT2D eigenvalue weighted by atomic mass is 32.2. The summed E-state index contributed by atoms with van der Waals surface area (Å²) in [4.78, 5) is 17.2. The van der Waals surface area contributed by atoms with Crippen LogP contribution in [0.4, 0.5) is 0 Å². The Hall–Kier alpha value is -2.46. The first-order valence-electron chi connectivity index (χ1n) is 12.7. The Morgan fingerprint density at radius 3 is 2.44 bits per heavy atom. The van der Waals surface area contributed by atoms with Crippen molar-refractivity contribution in [2.24, 2.45) is 0 Å². The molecule has 0 aromatic heterocycles. The van der Waals surface area contributed by atoms with Crippen molar-refractivity contribution < 1.29 is 22.7 Å². The predicted octanol–water partition coefficient (Wildman–Crippen LogP) is 2.91. The van der Waals surface area contributed by atoms with Gasteiger partial charge in [0, 0.05) is 45.3 Å². The van der Waals surface area contributed by atoms with Gasteiger partial charge < -0.3 is 14.4 Å². The molecule has 1 amide bonds. The van der Waals surface area contributed by atoms with E-state index in [2.05, 4.69) is 36.1 Å². The minimum Gasteiger partial charge on any atom is -0.497 e. The minimum atomic E-state index is -3.65. The molecule has 9 heteroatoms. The summed E-state index contributed by atoms with van der Waals surface area (Å²) in [6.07, 6.45) is 2.48. The van der Waals surface area contributed by atoms with Crippen LogP contribution in [0.25, 0.3) is 0 Å². The first kappa shape index (κ1) is 26.6. The van der Waals surface area contributed by atoms with E-state index in [9.17, 15) is 13.2 Å². The third-order valence-electron chi connectivity index (χ3n) is 6.99. The number of carbonyl (C=O) groups is 1. The van der Waals surface area contributed by atoms with Crippen molar-refractivity contribution >= 4 is 15.9 Å². The molecular formula is C27H37N3O5S. The van der Waals surface area contributed by atoms with Gasteiger partial charge in [0.1, 0.15) is 12.4 Å². The van der Waals surface area contributed by atoms with Crippen LogP contribution in [0.5, 0.6) is 5.75 Å². The first-order chi connectivity index (χ1) is 17.4. The van der Waals surface area contributed by atoms with Crippen LogP contribution < -0.4 is 4.74 Å². The quantitative estimate of drug-likeness (QED) is 0.511. The lowest BCUT2D eigenvalue weighted by Crippen LogP contribution is -2.50. The fourth-order valence-electron chi connectivity index (χ4n) is 4.94.